The quantitative estimate of drug-likeness (QED) is 0.114. The Morgan fingerprint density at radius 1 is 0.932 bits per heavy atom. The molecule has 3 aromatic carbocycles. The highest BCUT2D eigenvalue weighted by molar-refractivity contribution is 6.11. The van der Waals surface area contributed by atoms with Gasteiger partial charge in [0.25, 0.3) is 5.69 Å². The fraction of sp³-hybridized carbons (Fsp3) is 0.429. The normalized spacial score (nSPS) is 25.2. The van der Waals surface area contributed by atoms with Crippen LogP contribution in [0, 0.1) is 27.4 Å². The lowest BCUT2D eigenvalue weighted by Gasteiger charge is -2.50. The summed E-state index contributed by atoms with van der Waals surface area (Å²) in [5, 5.41) is 11.6. The molecule has 0 unspecified atom stereocenters. The van der Waals surface area contributed by atoms with E-state index in [1.54, 1.807) is 44.6 Å². The van der Waals surface area contributed by atoms with Crippen LogP contribution in [0.3, 0.4) is 0 Å². The fourth-order valence-corrected chi connectivity index (χ4v) is 8.21. The number of nitro benzene ring substituents is 1. The van der Waals surface area contributed by atoms with E-state index in [0.29, 0.717) is 40.6 Å². The number of carbonyl (C=O) groups is 2. The maximum absolute atomic E-state index is 13.5. The maximum Gasteiger partial charge on any atom is 0.302 e. The molecule has 9 nitrogen and oxygen atoms in total. The van der Waals surface area contributed by atoms with Crippen molar-refractivity contribution in [3.63, 3.8) is 0 Å². The minimum atomic E-state index is -0.532. The minimum Gasteiger partial charge on any atom is -0.493 e. The van der Waals surface area contributed by atoms with Gasteiger partial charge in [-0.25, -0.2) is 0 Å². The molecule has 3 aromatic rings. The second-order valence-electron chi connectivity index (χ2n) is 12.4. The molecule has 230 valence electrons. The van der Waals surface area contributed by atoms with Gasteiger partial charge in [0.05, 0.1) is 24.7 Å². The van der Waals surface area contributed by atoms with Gasteiger partial charge in [0, 0.05) is 35.6 Å². The smallest absolute Gasteiger partial charge is 0.302 e. The predicted molar refractivity (Wildman–Crippen MR) is 163 cm³/mol. The monoisotopic (exact) mass is 599 g/mol. The van der Waals surface area contributed by atoms with Gasteiger partial charge >= 0.3 is 5.97 Å². The van der Waals surface area contributed by atoms with Crippen LogP contribution < -0.4 is 14.2 Å². The molecule has 44 heavy (non-hydrogen) atoms. The van der Waals surface area contributed by atoms with Gasteiger partial charge in [-0.15, -0.1) is 0 Å². The van der Waals surface area contributed by atoms with Crippen molar-refractivity contribution in [3.05, 3.63) is 87.0 Å². The molecule has 0 radical (unpaired) electrons. The zero-order valence-electron chi connectivity index (χ0n) is 25.5. The summed E-state index contributed by atoms with van der Waals surface area (Å²) < 4.78 is 24.1. The molecule has 0 aromatic heterocycles. The van der Waals surface area contributed by atoms with Crippen molar-refractivity contribution in [3.8, 4) is 23.0 Å². The highest BCUT2D eigenvalue weighted by atomic mass is 16.6. The molecule has 9 heteroatoms. The number of ether oxygens (including phenoxy) is 4. The van der Waals surface area contributed by atoms with E-state index in [0.717, 1.165) is 44.1 Å². The third-order valence-corrected chi connectivity index (χ3v) is 10.2. The number of hydrogen-bond donors (Lipinski definition) is 0. The van der Waals surface area contributed by atoms with Crippen LogP contribution in [-0.4, -0.2) is 37.0 Å². The molecule has 0 N–H and O–H groups in total. The average Bonchev–Trinajstić information content (AvgIpc) is 3.35. The van der Waals surface area contributed by atoms with E-state index in [-0.39, 0.29) is 34.5 Å². The number of ketones is 1. The molecule has 3 aliphatic carbocycles. The Morgan fingerprint density at radius 3 is 2.39 bits per heavy atom. The first-order chi connectivity index (χ1) is 21.2. The van der Waals surface area contributed by atoms with Crippen LogP contribution in [0.1, 0.15) is 78.9 Å². The third kappa shape index (κ3) is 4.98. The SMILES string of the molecule is COc1cc2c(c(OC)c1Oc1ccc([N+](=O)[O-])cc1C(=O)c1ccccc1)CC[C@@H]1[C@@H]2CC[C@]2(C)[C@H](OC(C)=O)CC[C@@H]12. The van der Waals surface area contributed by atoms with E-state index in [1.807, 2.05) is 6.07 Å². The molecule has 0 bridgehead atoms. The van der Waals surface area contributed by atoms with Gasteiger partial charge < -0.3 is 18.9 Å². The number of fused-ring (bicyclic) bond motifs is 5. The predicted octanol–water partition coefficient (Wildman–Crippen LogP) is 7.42. The van der Waals surface area contributed by atoms with Gasteiger partial charge in [-0.1, -0.05) is 37.3 Å². The number of rotatable bonds is 8. The maximum atomic E-state index is 13.5. The second-order valence-corrected chi connectivity index (χ2v) is 12.4. The molecule has 0 heterocycles. The molecular formula is C35H37NO8. The zero-order chi connectivity index (χ0) is 31.2. The number of esters is 1. The van der Waals surface area contributed by atoms with Crippen LogP contribution in [0.2, 0.25) is 0 Å². The van der Waals surface area contributed by atoms with Crippen molar-refractivity contribution in [1.29, 1.82) is 0 Å². The zero-order valence-corrected chi connectivity index (χ0v) is 25.5. The van der Waals surface area contributed by atoms with Crippen LogP contribution in [0.5, 0.6) is 23.0 Å². The topological polar surface area (TPSA) is 114 Å². The number of hydrogen-bond acceptors (Lipinski definition) is 8. The third-order valence-electron chi connectivity index (χ3n) is 10.2. The van der Waals surface area contributed by atoms with E-state index < -0.39 is 10.7 Å². The van der Waals surface area contributed by atoms with E-state index in [9.17, 15) is 19.7 Å². The molecular weight excluding hydrogens is 562 g/mol. The Kier molecular flexibility index (Phi) is 7.82. The first kappa shape index (κ1) is 29.7. The van der Waals surface area contributed by atoms with Crippen LogP contribution in [0.25, 0.3) is 0 Å². The van der Waals surface area contributed by atoms with Crippen molar-refractivity contribution in [2.24, 2.45) is 17.3 Å². The highest BCUT2D eigenvalue weighted by Crippen LogP contribution is 2.63. The van der Waals surface area contributed by atoms with Crippen LogP contribution in [0.15, 0.2) is 54.6 Å². The summed E-state index contributed by atoms with van der Waals surface area (Å²) in [6.45, 7) is 3.79. The van der Waals surface area contributed by atoms with Gasteiger partial charge in [-0.3, -0.25) is 19.7 Å². The lowest BCUT2D eigenvalue weighted by atomic mass is 9.55. The number of methoxy groups -OCH3 is 2. The van der Waals surface area contributed by atoms with Crippen LogP contribution >= 0.6 is 0 Å². The molecule has 3 aliphatic rings. The molecule has 0 spiro atoms. The van der Waals surface area contributed by atoms with Crippen molar-refractivity contribution in [2.75, 3.05) is 14.2 Å². The molecule has 2 fully saturated rings. The first-order valence-corrected chi connectivity index (χ1v) is 15.2. The van der Waals surface area contributed by atoms with E-state index in [4.69, 9.17) is 18.9 Å². The lowest BCUT2D eigenvalue weighted by Crippen LogP contribution is -2.45. The Bertz CT molecular complexity index is 1620. The van der Waals surface area contributed by atoms with Crippen molar-refractivity contribution in [1.82, 2.24) is 0 Å². The number of carbonyl (C=O) groups excluding carboxylic acids is 2. The largest absolute Gasteiger partial charge is 0.493 e. The van der Waals surface area contributed by atoms with E-state index in [2.05, 4.69) is 6.92 Å². The molecule has 0 saturated heterocycles. The summed E-state index contributed by atoms with van der Waals surface area (Å²) >= 11 is 0. The fourth-order valence-electron chi connectivity index (χ4n) is 8.21. The average molecular weight is 600 g/mol. The van der Waals surface area contributed by atoms with Gasteiger partial charge in [0.15, 0.2) is 17.3 Å². The van der Waals surface area contributed by atoms with Gasteiger partial charge in [0.2, 0.25) is 5.75 Å². The lowest BCUT2D eigenvalue weighted by molar-refractivity contribution is -0.384. The molecule has 0 aliphatic heterocycles. The van der Waals surface area contributed by atoms with Gasteiger partial charge in [-0.05, 0) is 74.0 Å². The molecule has 5 atom stereocenters. The van der Waals surface area contributed by atoms with Crippen LogP contribution in [0.4, 0.5) is 5.69 Å². The number of non-ortho nitro benzene ring substituents is 1. The number of benzene rings is 3. The van der Waals surface area contributed by atoms with Gasteiger partial charge in [0.1, 0.15) is 11.9 Å². The summed E-state index contributed by atoms with van der Waals surface area (Å²) in [7, 11) is 3.16. The Balaban J connectivity index is 1.38. The summed E-state index contributed by atoms with van der Waals surface area (Å²) in [4.78, 5) is 36.4. The summed E-state index contributed by atoms with van der Waals surface area (Å²) in [6.07, 6.45) is 5.58. The number of nitro groups is 1. The summed E-state index contributed by atoms with van der Waals surface area (Å²) in [5.74, 6) is 2.13. The molecule has 0 amide bonds. The minimum absolute atomic E-state index is 0.0286. The Morgan fingerprint density at radius 2 is 1.70 bits per heavy atom. The van der Waals surface area contributed by atoms with Crippen molar-refractivity contribution in [2.45, 2.75) is 64.4 Å². The number of nitrogens with zero attached hydrogens (tertiary/aromatic N) is 1. The van der Waals surface area contributed by atoms with Crippen molar-refractivity contribution >= 4 is 17.4 Å². The first-order valence-electron chi connectivity index (χ1n) is 15.2. The summed E-state index contributed by atoms with van der Waals surface area (Å²) in [6, 6.07) is 14.7. The van der Waals surface area contributed by atoms with Gasteiger partial charge in [-0.2, -0.15) is 0 Å². The van der Waals surface area contributed by atoms with E-state index in [1.165, 1.54) is 30.7 Å². The van der Waals surface area contributed by atoms with E-state index >= 15 is 0 Å². The van der Waals surface area contributed by atoms with Crippen LogP contribution in [-0.2, 0) is 16.0 Å². The molecule has 2 saturated carbocycles. The standard InChI is InChI=1S/C35H37NO8/c1-20(37)43-31-15-13-28-24-11-12-25-26(23(24)16-17-35(28,31)2)19-30(41-3)34(33(25)42-4)44-29-14-10-22(36(39)40)18-27(29)32(38)21-8-6-5-7-9-21/h5-10,14,18-19,23-24,28,31H,11-13,15-17H2,1-4H3/t23-,24+,28-,31+,35-/m0/s1. The second kappa shape index (κ2) is 11.6. The Labute approximate surface area is 256 Å². The molecule has 6 rings (SSSR count). The summed E-state index contributed by atoms with van der Waals surface area (Å²) in [5.41, 5.74) is 2.46. The highest BCUT2D eigenvalue weighted by Gasteiger charge is 2.56. The van der Waals surface area contributed by atoms with Crippen molar-refractivity contribution < 1.29 is 33.5 Å². The Hall–Kier alpha value is -4.40.